The van der Waals surface area contributed by atoms with Crippen LogP contribution in [0.25, 0.3) is 0 Å². The minimum Gasteiger partial charge on any atom is -0.497 e. The summed E-state index contributed by atoms with van der Waals surface area (Å²) in [4.78, 5) is 14.8. The molecule has 2 aromatic carbocycles. The first kappa shape index (κ1) is 24.1. The zero-order valence-electron chi connectivity index (χ0n) is 19.3. The number of benzene rings is 2. The highest BCUT2D eigenvalue weighted by molar-refractivity contribution is 5.76. The molecule has 0 bridgehead atoms. The van der Waals surface area contributed by atoms with Crippen LogP contribution in [0.4, 0.5) is 0 Å². The summed E-state index contributed by atoms with van der Waals surface area (Å²) < 4.78 is 22.0. The minimum atomic E-state index is -0.958. The Morgan fingerprint density at radius 1 is 1.15 bits per heavy atom. The quantitative estimate of drug-likeness (QED) is 0.478. The van der Waals surface area contributed by atoms with E-state index in [2.05, 4.69) is 5.32 Å². The number of nitrogens with zero attached hydrogens (tertiary/aromatic N) is 1. The van der Waals surface area contributed by atoms with Gasteiger partial charge in [0, 0.05) is 19.6 Å². The van der Waals surface area contributed by atoms with Crippen LogP contribution in [0.15, 0.2) is 42.5 Å². The molecule has 2 aliphatic rings. The molecule has 34 heavy (non-hydrogen) atoms. The maximum Gasteiger partial charge on any atom is 0.223 e. The Morgan fingerprint density at radius 2 is 1.88 bits per heavy atom. The van der Waals surface area contributed by atoms with E-state index in [1.54, 1.807) is 49.6 Å². The molecule has 9 nitrogen and oxygen atoms in total. The van der Waals surface area contributed by atoms with Crippen LogP contribution in [-0.2, 0) is 4.79 Å². The lowest BCUT2D eigenvalue weighted by Gasteiger charge is -2.29. The highest BCUT2D eigenvalue weighted by Crippen LogP contribution is 2.33. The second-order valence-electron chi connectivity index (χ2n) is 8.50. The number of hydrogen-bond acceptors (Lipinski definition) is 8. The van der Waals surface area contributed by atoms with Gasteiger partial charge in [0.25, 0.3) is 0 Å². The van der Waals surface area contributed by atoms with Gasteiger partial charge in [-0.3, -0.25) is 9.69 Å². The predicted molar refractivity (Wildman–Crippen MR) is 124 cm³/mol. The van der Waals surface area contributed by atoms with Crippen molar-refractivity contribution in [2.45, 2.75) is 31.1 Å². The Labute approximate surface area is 199 Å². The zero-order chi connectivity index (χ0) is 23.9. The van der Waals surface area contributed by atoms with Crippen molar-refractivity contribution >= 4 is 5.91 Å². The molecule has 0 aliphatic carbocycles. The van der Waals surface area contributed by atoms with Gasteiger partial charge in [-0.05, 0) is 48.4 Å². The van der Waals surface area contributed by atoms with E-state index in [4.69, 9.17) is 18.9 Å². The lowest BCUT2D eigenvalue weighted by Crippen LogP contribution is -2.47. The number of aliphatic hydroxyl groups is 2. The van der Waals surface area contributed by atoms with E-state index in [0.29, 0.717) is 62.1 Å². The van der Waals surface area contributed by atoms with E-state index >= 15 is 0 Å². The van der Waals surface area contributed by atoms with Crippen LogP contribution in [0.5, 0.6) is 23.0 Å². The van der Waals surface area contributed by atoms with E-state index in [1.807, 2.05) is 4.90 Å². The van der Waals surface area contributed by atoms with Crippen LogP contribution in [-0.4, -0.2) is 79.7 Å². The number of ether oxygens (including phenoxy) is 4. The number of likely N-dealkylation sites (tertiary alicyclic amines) is 1. The third-order valence-electron chi connectivity index (χ3n) is 5.99. The van der Waals surface area contributed by atoms with Crippen LogP contribution in [0, 0.1) is 0 Å². The zero-order valence-corrected chi connectivity index (χ0v) is 19.3. The van der Waals surface area contributed by atoms with Gasteiger partial charge in [0.15, 0.2) is 11.5 Å². The summed E-state index contributed by atoms with van der Waals surface area (Å²) >= 11 is 0. The Kier molecular flexibility index (Phi) is 8.10. The number of aliphatic hydroxyl groups excluding tert-OH is 2. The van der Waals surface area contributed by atoms with E-state index in [-0.39, 0.29) is 25.0 Å². The van der Waals surface area contributed by atoms with Gasteiger partial charge in [-0.25, -0.2) is 0 Å². The molecule has 0 radical (unpaired) electrons. The molecule has 0 aromatic heterocycles. The number of nitrogens with one attached hydrogen (secondary N) is 1. The Hall–Kier alpha value is -3.01. The van der Waals surface area contributed by atoms with Gasteiger partial charge in [0.1, 0.15) is 30.8 Å². The Morgan fingerprint density at radius 3 is 2.59 bits per heavy atom. The molecule has 4 rings (SSSR count). The molecule has 0 spiro atoms. The molecule has 0 saturated carbocycles. The number of carbonyl (C=O) groups is 1. The molecule has 1 saturated heterocycles. The van der Waals surface area contributed by atoms with Crippen molar-refractivity contribution < 1.29 is 34.0 Å². The van der Waals surface area contributed by atoms with Crippen LogP contribution in [0.3, 0.4) is 0 Å². The van der Waals surface area contributed by atoms with Crippen molar-refractivity contribution in [1.82, 2.24) is 10.2 Å². The predicted octanol–water partition coefficient (Wildman–Crippen LogP) is 1.52. The fraction of sp³-hybridized carbons (Fsp3) is 0.480. The molecular formula is C25H32N2O7. The van der Waals surface area contributed by atoms with Crippen molar-refractivity contribution in [1.29, 1.82) is 0 Å². The monoisotopic (exact) mass is 472 g/mol. The topological polar surface area (TPSA) is 110 Å². The second kappa shape index (κ2) is 11.4. The van der Waals surface area contributed by atoms with Crippen LogP contribution < -0.4 is 24.3 Å². The van der Waals surface area contributed by atoms with E-state index < -0.39 is 12.1 Å². The van der Waals surface area contributed by atoms with E-state index in [9.17, 15) is 15.0 Å². The number of rotatable bonds is 10. The molecule has 2 aromatic rings. The van der Waals surface area contributed by atoms with Crippen LogP contribution in [0.2, 0.25) is 0 Å². The maximum absolute atomic E-state index is 12.7. The Balaban J connectivity index is 1.37. The standard InChI is InChI=1S/C25H32N2O7/c1-31-19-3-5-20(6-4-19)32-11-9-24(29)26-21(16-27-10-8-18(28)15-27)25(30)17-2-7-22-23(14-17)34-13-12-33-22/h2-7,14,18,21,25,28,30H,8-13,15-16H2,1H3,(H,26,29)/t18-,21-,25?/m1/s1. The summed E-state index contributed by atoms with van der Waals surface area (Å²) in [6.07, 6.45) is -0.532. The molecule has 2 aliphatic heterocycles. The first-order valence-electron chi connectivity index (χ1n) is 11.6. The van der Waals surface area contributed by atoms with Crippen molar-refractivity contribution in [3.63, 3.8) is 0 Å². The molecule has 2 heterocycles. The van der Waals surface area contributed by atoms with Gasteiger partial charge in [0.05, 0.1) is 32.3 Å². The van der Waals surface area contributed by atoms with E-state index in [0.717, 1.165) is 5.75 Å². The third kappa shape index (κ3) is 6.31. The molecule has 1 amide bonds. The summed E-state index contributed by atoms with van der Waals surface area (Å²) in [6.45, 7) is 2.78. The lowest BCUT2D eigenvalue weighted by atomic mass is 10.0. The number of methoxy groups -OCH3 is 1. The highest BCUT2D eigenvalue weighted by atomic mass is 16.6. The van der Waals surface area contributed by atoms with Crippen molar-refractivity contribution in [3.8, 4) is 23.0 Å². The molecule has 1 fully saturated rings. The summed E-state index contributed by atoms with van der Waals surface area (Å²) in [5.41, 5.74) is 0.628. The van der Waals surface area contributed by atoms with Gasteiger partial charge in [0.2, 0.25) is 5.91 Å². The molecule has 3 N–H and O–H groups in total. The fourth-order valence-corrected chi connectivity index (χ4v) is 4.17. The van der Waals surface area contributed by atoms with Crippen molar-refractivity contribution in [3.05, 3.63) is 48.0 Å². The third-order valence-corrected chi connectivity index (χ3v) is 5.99. The molecule has 184 valence electrons. The van der Waals surface area contributed by atoms with Gasteiger partial charge < -0.3 is 34.5 Å². The summed E-state index contributed by atoms with van der Waals surface area (Å²) in [7, 11) is 1.60. The second-order valence-corrected chi connectivity index (χ2v) is 8.50. The number of fused-ring (bicyclic) bond motifs is 1. The number of β-amino-alcohol motifs (C(OH)–C–C–N with tert-alkyl or cyclic N) is 1. The van der Waals surface area contributed by atoms with Crippen LogP contribution in [0.1, 0.15) is 24.5 Å². The first-order valence-corrected chi connectivity index (χ1v) is 11.6. The minimum absolute atomic E-state index is 0.138. The Bertz CT molecular complexity index is 953. The van der Waals surface area contributed by atoms with E-state index in [1.165, 1.54) is 0 Å². The van der Waals surface area contributed by atoms with Gasteiger partial charge >= 0.3 is 0 Å². The largest absolute Gasteiger partial charge is 0.497 e. The van der Waals surface area contributed by atoms with Gasteiger partial charge in [-0.2, -0.15) is 0 Å². The molecule has 3 atom stereocenters. The maximum atomic E-state index is 12.7. The number of carbonyl (C=O) groups excluding carboxylic acids is 1. The van der Waals surface area contributed by atoms with Crippen molar-refractivity contribution in [2.75, 3.05) is 46.6 Å². The smallest absolute Gasteiger partial charge is 0.223 e. The normalized spacial score (nSPS) is 19.3. The molecule has 1 unspecified atom stereocenters. The molecular weight excluding hydrogens is 440 g/mol. The highest BCUT2D eigenvalue weighted by Gasteiger charge is 2.29. The average Bonchev–Trinajstić information content (AvgIpc) is 3.27. The number of amides is 1. The van der Waals surface area contributed by atoms with Crippen molar-refractivity contribution in [2.24, 2.45) is 0 Å². The SMILES string of the molecule is COc1ccc(OCCC(=O)N[C@H](CN2CC[C@@H](O)C2)C(O)c2ccc3c(c2)OCCO3)cc1. The fourth-order valence-electron chi connectivity index (χ4n) is 4.17. The van der Waals surface area contributed by atoms with Gasteiger partial charge in [-0.1, -0.05) is 6.07 Å². The summed E-state index contributed by atoms with van der Waals surface area (Å²) in [6, 6.07) is 11.9. The average molecular weight is 473 g/mol. The van der Waals surface area contributed by atoms with Crippen LogP contribution >= 0.6 is 0 Å². The number of hydrogen-bond donors (Lipinski definition) is 3. The summed E-state index contributed by atoms with van der Waals surface area (Å²) in [5.74, 6) is 2.37. The van der Waals surface area contributed by atoms with Gasteiger partial charge in [-0.15, -0.1) is 0 Å². The lowest BCUT2D eigenvalue weighted by molar-refractivity contribution is -0.123. The molecule has 9 heteroatoms. The first-order chi connectivity index (χ1) is 16.5. The summed E-state index contributed by atoms with van der Waals surface area (Å²) in [5, 5.41) is 24.0.